The van der Waals surface area contributed by atoms with Crippen LogP contribution in [-0.2, 0) is 0 Å². The van der Waals surface area contributed by atoms with E-state index in [1.165, 1.54) is 0 Å². The van der Waals surface area contributed by atoms with Crippen molar-refractivity contribution < 1.29 is 4.79 Å². The highest BCUT2D eigenvalue weighted by Gasteiger charge is 2.17. The summed E-state index contributed by atoms with van der Waals surface area (Å²) in [6.07, 6.45) is 3.47. The molecule has 0 unspecified atom stereocenters. The largest absolute Gasteiger partial charge is 0.382 e. The Morgan fingerprint density at radius 2 is 1.83 bits per heavy atom. The monoisotopic (exact) mass is 325 g/mol. The fourth-order valence-electron chi connectivity index (χ4n) is 2.38. The first-order valence-electron chi connectivity index (χ1n) is 7.17. The highest BCUT2D eigenvalue weighted by Crippen LogP contribution is 2.21. The summed E-state index contributed by atoms with van der Waals surface area (Å²) in [5.41, 5.74) is 2.86. The molecule has 1 aromatic heterocycles. The van der Waals surface area contributed by atoms with E-state index in [-0.39, 0.29) is 5.78 Å². The molecule has 3 aromatic rings. The number of Topliss-reactive ketones (excluding diaryl/α,β-unsaturated/α-hetero) is 1. The Kier molecular flexibility index (Phi) is 4.17. The Bertz CT molecular complexity index is 879. The van der Waals surface area contributed by atoms with Crippen LogP contribution in [0.3, 0.4) is 0 Å². The van der Waals surface area contributed by atoms with Crippen LogP contribution in [0.1, 0.15) is 10.4 Å². The van der Waals surface area contributed by atoms with Gasteiger partial charge in [0.1, 0.15) is 12.0 Å². The topological polar surface area (TPSA) is 38.1 Å². The molecule has 0 radical (unpaired) electrons. The number of nitrogens with zero attached hydrogens (tertiary/aromatic N) is 3. The van der Waals surface area contributed by atoms with Crippen LogP contribution >= 0.6 is 11.6 Å². The average Bonchev–Trinajstić information content (AvgIpc) is 2.96. The van der Waals surface area contributed by atoms with Crippen molar-refractivity contribution in [1.29, 1.82) is 0 Å². The number of carbonyl (C=O) groups excluding carboxylic acids is 1. The number of aromatic nitrogens is 2. The summed E-state index contributed by atoms with van der Waals surface area (Å²) in [5, 5.41) is 0.604. The first kappa shape index (κ1) is 15.3. The quantitative estimate of drug-likeness (QED) is 0.539. The number of hydrogen-bond acceptors (Lipinski definition) is 3. The first-order valence-corrected chi connectivity index (χ1v) is 7.55. The predicted molar refractivity (Wildman–Crippen MR) is 93.5 cm³/mol. The summed E-state index contributed by atoms with van der Waals surface area (Å²) < 4.78 is 1.81. The smallest absolute Gasteiger partial charge is 0.211 e. The van der Waals surface area contributed by atoms with Crippen molar-refractivity contribution in [3.05, 3.63) is 71.6 Å². The molecule has 23 heavy (non-hydrogen) atoms. The van der Waals surface area contributed by atoms with Gasteiger partial charge in [-0.2, -0.15) is 0 Å². The number of fused-ring (bicyclic) bond motifs is 1. The van der Waals surface area contributed by atoms with E-state index in [4.69, 9.17) is 11.6 Å². The Hall–Kier alpha value is -2.59. The van der Waals surface area contributed by atoms with Gasteiger partial charge in [-0.1, -0.05) is 23.7 Å². The van der Waals surface area contributed by atoms with Gasteiger partial charge in [-0.25, -0.2) is 4.98 Å². The maximum atomic E-state index is 12.9. The number of rotatable bonds is 4. The molecular weight excluding hydrogens is 310 g/mol. The van der Waals surface area contributed by atoms with Crippen LogP contribution in [0.2, 0.25) is 5.02 Å². The van der Waals surface area contributed by atoms with Crippen LogP contribution in [0.4, 0.5) is 0 Å². The fourth-order valence-corrected chi connectivity index (χ4v) is 2.50. The summed E-state index contributed by atoms with van der Waals surface area (Å²) in [4.78, 5) is 19.2. The molecule has 0 aliphatic carbocycles. The lowest BCUT2D eigenvalue weighted by atomic mass is 10.1. The summed E-state index contributed by atoms with van der Waals surface area (Å²) >= 11 is 5.91. The maximum absolute atomic E-state index is 12.9. The van der Waals surface area contributed by atoms with Crippen LogP contribution in [-0.4, -0.2) is 34.3 Å². The summed E-state index contributed by atoms with van der Waals surface area (Å²) in [6.45, 7) is 0. The van der Waals surface area contributed by atoms with Gasteiger partial charge in [0.05, 0.1) is 11.0 Å². The Labute approximate surface area is 139 Å². The van der Waals surface area contributed by atoms with Crippen molar-refractivity contribution >= 4 is 34.1 Å². The zero-order chi connectivity index (χ0) is 16.4. The van der Waals surface area contributed by atoms with Crippen molar-refractivity contribution in [3.63, 3.8) is 0 Å². The van der Waals surface area contributed by atoms with E-state index in [1.54, 1.807) is 36.8 Å². The van der Waals surface area contributed by atoms with Gasteiger partial charge in [0.15, 0.2) is 0 Å². The van der Waals surface area contributed by atoms with Crippen LogP contribution in [0.5, 0.6) is 0 Å². The van der Waals surface area contributed by atoms with Gasteiger partial charge in [-0.15, -0.1) is 0 Å². The van der Waals surface area contributed by atoms with Crippen LogP contribution in [0.25, 0.3) is 16.7 Å². The van der Waals surface area contributed by atoms with Gasteiger partial charge in [0.2, 0.25) is 5.78 Å². The van der Waals surface area contributed by atoms with Gasteiger partial charge < -0.3 is 4.90 Å². The van der Waals surface area contributed by atoms with Crippen LogP contribution in [0.15, 0.2) is 61.1 Å². The fraction of sp³-hybridized carbons (Fsp3) is 0.111. The minimum atomic E-state index is -0.0847. The van der Waals surface area contributed by atoms with Crippen molar-refractivity contribution in [2.45, 2.75) is 0 Å². The molecule has 0 saturated carbocycles. The first-order chi connectivity index (χ1) is 11.1. The van der Waals surface area contributed by atoms with Crippen molar-refractivity contribution in [1.82, 2.24) is 14.5 Å². The number of imidazole rings is 1. The lowest BCUT2D eigenvalue weighted by Crippen LogP contribution is -2.13. The third-order valence-corrected chi connectivity index (χ3v) is 3.68. The second-order valence-corrected chi connectivity index (χ2v) is 5.85. The minimum absolute atomic E-state index is 0.0847. The summed E-state index contributed by atoms with van der Waals surface area (Å²) in [6, 6.07) is 14.6. The molecule has 0 amide bonds. The second kappa shape index (κ2) is 6.26. The number of ketones is 1. The van der Waals surface area contributed by atoms with Gasteiger partial charge in [-0.3, -0.25) is 9.36 Å². The summed E-state index contributed by atoms with van der Waals surface area (Å²) in [7, 11) is 3.77. The molecule has 0 bridgehead atoms. The number of halogens is 1. The number of para-hydroxylation sites is 2. The molecule has 5 heteroatoms. The third kappa shape index (κ3) is 3.12. The molecule has 0 fully saturated rings. The molecule has 4 nitrogen and oxygen atoms in total. The highest BCUT2D eigenvalue weighted by atomic mass is 35.5. The molecule has 116 valence electrons. The zero-order valence-corrected chi connectivity index (χ0v) is 13.7. The Morgan fingerprint density at radius 1 is 1.13 bits per heavy atom. The molecule has 2 aromatic carbocycles. The molecule has 3 rings (SSSR count). The molecule has 0 aliphatic rings. The molecule has 1 heterocycles. The lowest BCUT2D eigenvalue weighted by molar-refractivity contribution is 0.105. The number of allylic oxidation sites excluding steroid dienone is 1. The number of hydrogen-bond donors (Lipinski definition) is 0. The Balaban J connectivity index is 2.12. The molecular formula is C18H16ClN3O. The summed E-state index contributed by atoms with van der Waals surface area (Å²) in [5.74, 6) is -0.0847. The SMILES string of the molecule is CN(C)/C=C(/C(=O)c1ccc(Cl)cc1)n1cnc2ccccc21. The molecule has 0 saturated heterocycles. The van der Waals surface area contributed by atoms with Gasteiger partial charge >= 0.3 is 0 Å². The molecule has 0 aliphatic heterocycles. The maximum Gasteiger partial charge on any atom is 0.211 e. The van der Waals surface area contributed by atoms with Crippen molar-refractivity contribution in [2.75, 3.05) is 14.1 Å². The number of carbonyl (C=O) groups is 1. The lowest BCUT2D eigenvalue weighted by Gasteiger charge is -2.13. The van der Waals surface area contributed by atoms with Crippen molar-refractivity contribution in [3.8, 4) is 0 Å². The average molecular weight is 326 g/mol. The predicted octanol–water partition coefficient (Wildman–Crippen LogP) is 3.93. The van der Waals surface area contributed by atoms with Crippen molar-refractivity contribution in [2.24, 2.45) is 0 Å². The minimum Gasteiger partial charge on any atom is -0.382 e. The highest BCUT2D eigenvalue weighted by molar-refractivity contribution is 6.31. The van der Waals surface area contributed by atoms with E-state index in [0.29, 0.717) is 16.3 Å². The normalized spacial score (nSPS) is 11.7. The second-order valence-electron chi connectivity index (χ2n) is 5.42. The molecule has 0 spiro atoms. The van der Waals surface area contributed by atoms with Gasteiger partial charge in [0.25, 0.3) is 0 Å². The standard InChI is InChI=1S/C18H16ClN3O/c1-21(2)11-17(18(23)13-7-9-14(19)10-8-13)22-12-20-15-5-3-4-6-16(15)22/h3-12H,1-2H3/b17-11-. The van der Waals surface area contributed by atoms with E-state index < -0.39 is 0 Å². The zero-order valence-electron chi connectivity index (χ0n) is 12.9. The van der Waals surface area contributed by atoms with Gasteiger partial charge in [0, 0.05) is 30.9 Å². The van der Waals surface area contributed by atoms with E-state index in [0.717, 1.165) is 11.0 Å². The van der Waals surface area contributed by atoms with E-state index in [1.807, 2.05) is 47.8 Å². The van der Waals surface area contributed by atoms with E-state index in [2.05, 4.69) is 4.98 Å². The molecule has 0 atom stereocenters. The number of benzene rings is 2. The van der Waals surface area contributed by atoms with Crippen LogP contribution < -0.4 is 0 Å². The Morgan fingerprint density at radius 3 is 2.52 bits per heavy atom. The molecule has 0 N–H and O–H groups in total. The van der Waals surface area contributed by atoms with E-state index in [9.17, 15) is 4.79 Å². The van der Waals surface area contributed by atoms with Crippen LogP contribution in [0, 0.1) is 0 Å². The van der Waals surface area contributed by atoms with Gasteiger partial charge in [-0.05, 0) is 36.4 Å². The third-order valence-electron chi connectivity index (χ3n) is 3.43. The van der Waals surface area contributed by atoms with E-state index >= 15 is 0 Å².